The van der Waals surface area contributed by atoms with Crippen molar-refractivity contribution >= 4 is 11.8 Å². The zero-order valence-electron chi connectivity index (χ0n) is 7.21. The number of thioether (sulfide) groups is 1. The fourth-order valence-corrected chi connectivity index (χ4v) is 1.27. The minimum Gasteiger partial charge on any atom is -0.174 e. The number of benzene rings is 1. The third kappa shape index (κ3) is 9.27. The zero-order chi connectivity index (χ0) is 10.1. The van der Waals surface area contributed by atoms with E-state index in [1.165, 1.54) is 5.56 Å². The van der Waals surface area contributed by atoms with E-state index in [0.717, 1.165) is 5.75 Å². The molecule has 0 heterocycles. The van der Waals surface area contributed by atoms with Gasteiger partial charge in [-0.3, -0.25) is 0 Å². The molecule has 4 heteroatoms. The second kappa shape index (κ2) is 7.98. The summed E-state index contributed by atoms with van der Waals surface area (Å²) in [6, 6.07) is 10.5. The lowest BCUT2D eigenvalue weighted by Crippen LogP contribution is -1.74. The molecule has 1 aromatic carbocycles. The maximum absolute atomic E-state index is 9.67. The smallest absolute Gasteiger partial charge is 0.174 e. The minimum absolute atomic E-state index is 1.13. The summed E-state index contributed by atoms with van der Waals surface area (Å²) in [6.07, 6.45) is 2.12. The van der Waals surface area contributed by atoms with Crippen molar-refractivity contribution < 1.29 is 13.2 Å². The van der Waals surface area contributed by atoms with Gasteiger partial charge in [-0.2, -0.15) is 24.9 Å². The summed E-state index contributed by atoms with van der Waals surface area (Å²) >= 11 is 1.85. The highest BCUT2D eigenvalue weighted by atomic mass is 32.2. The molecule has 0 fully saturated rings. The van der Waals surface area contributed by atoms with Crippen LogP contribution in [0.4, 0.5) is 13.2 Å². The molecular weight excluding hydrogens is 197 g/mol. The first kappa shape index (κ1) is 12.4. The highest BCUT2D eigenvalue weighted by Crippen LogP contribution is 2.06. The Bertz CT molecular complexity index is 199. The molecule has 0 bridgehead atoms. The monoisotopic (exact) mass is 208 g/mol. The van der Waals surface area contributed by atoms with Crippen LogP contribution in [0.5, 0.6) is 0 Å². The molecule has 0 aliphatic heterocycles. The summed E-state index contributed by atoms with van der Waals surface area (Å²) in [7, 11) is 0. The maximum atomic E-state index is 9.67. The number of hydrogen-bond donors (Lipinski definition) is 0. The molecule has 13 heavy (non-hydrogen) atoms. The summed E-state index contributed by atoms with van der Waals surface area (Å²) in [5.41, 5.74) is 1.41. The van der Waals surface area contributed by atoms with Crippen molar-refractivity contribution in [3.63, 3.8) is 0 Å². The van der Waals surface area contributed by atoms with E-state index in [0.29, 0.717) is 0 Å². The Morgan fingerprint density at radius 3 is 2.00 bits per heavy atom. The van der Waals surface area contributed by atoms with Gasteiger partial charge in [0.25, 0.3) is 0 Å². The maximum Gasteiger partial charge on any atom is 0.379 e. The van der Waals surface area contributed by atoms with E-state index in [4.69, 9.17) is 0 Å². The van der Waals surface area contributed by atoms with Gasteiger partial charge in [-0.25, -0.2) is 0 Å². The van der Waals surface area contributed by atoms with Crippen molar-refractivity contribution in [1.29, 1.82) is 0 Å². The van der Waals surface area contributed by atoms with Crippen LogP contribution in [0.25, 0.3) is 0 Å². The molecule has 0 unspecified atom stereocenters. The number of rotatable bonds is 2. The Morgan fingerprint density at radius 1 is 1.15 bits per heavy atom. The summed E-state index contributed by atoms with van der Waals surface area (Å²) in [6.45, 7) is -3.67. The fourth-order valence-electron chi connectivity index (χ4n) is 0.741. The lowest BCUT2D eigenvalue weighted by molar-refractivity contribution is 0.00819. The average Bonchev–Trinajstić information content (AvgIpc) is 2.06. The molecule has 0 radical (unpaired) electrons. The van der Waals surface area contributed by atoms with Gasteiger partial charge in [0.1, 0.15) is 0 Å². The standard InChI is InChI=1S/C8H10S.CHF3/c1-9-7-8-5-3-2-4-6-8;2-1(3)4/h2-6H,7H2,1H3;1H. The van der Waals surface area contributed by atoms with Crippen molar-refractivity contribution in [2.75, 3.05) is 6.26 Å². The van der Waals surface area contributed by atoms with E-state index >= 15 is 0 Å². The second-order valence-electron chi connectivity index (χ2n) is 2.17. The minimum atomic E-state index is -3.67. The molecule has 0 N–H and O–H groups in total. The largest absolute Gasteiger partial charge is 0.379 e. The third-order valence-electron chi connectivity index (χ3n) is 1.15. The van der Waals surface area contributed by atoms with Gasteiger partial charge in [-0.15, -0.1) is 0 Å². The van der Waals surface area contributed by atoms with Crippen LogP contribution in [0.1, 0.15) is 5.56 Å². The van der Waals surface area contributed by atoms with E-state index in [-0.39, 0.29) is 0 Å². The summed E-state index contributed by atoms with van der Waals surface area (Å²) in [5, 5.41) is 0. The van der Waals surface area contributed by atoms with Crippen LogP contribution in [-0.2, 0) is 5.75 Å². The predicted octanol–water partition coefficient (Wildman–Crippen LogP) is 3.73. The van der Waals surface area contributed by atoms with Gasteiger partial charge in [0.05, 0.1) is 0 Å². The molecule has 1 rings (SSSR count). The van der Waals surface area contributed by atoms with Crippen LogP contribution in [0.3, 0.4) is 0 Å². The van der Waals surface area contributed by atoms with E-state index in [2.05, 4.69) is 30.5 Å². The summed E-state index contributed by atoms with van der Waals surface area (Å²) in [4.78, 5) is 0. The first-order chi connectivity index (χ1) is 6.16. The molecule has 0 aliphatic rings. The Kier molecular flexibility index (Phi) is 7.59. The highest BCUT2D eigenvalue weighted by Gasteiger charge is 1.86. The average molecular weight is 208 g/mol. The first-order valence-corrected chi connectivity index (χ1v) is 5.01. The molecule has 0 amide bonds. The van der Waals surface area contributed by atoms with Crippen LogP contribution in [-0.4, -0.2) is 12.9 Å². The van der Waals surface area contributed by atoms with Crippen LogP contribution >= 0.6 is 11.8 Å². The Hall–Kier alpha value is -0.640. The summed E-state index contributed by atoms with van der Waals surface area (Å²) in [5.74, 6) is 1.13. The number of hydrogen-bond acceptors (Lipinski definition) is 1. The normalized spacial score (nSPS) is 9.31. The molecule has 0 saturated carbocycles. The Morgan fingerprint density at radius 2 is 1.62 bits per heavy atom. The molecule has 74 valence electrons. The molecular formula is C9H11F3S. The van der Waals surface area contributed by atoms with Crippen LogP contribution < -0.4 is 0 Å². The van der Waals surface area contributed by atoms with E-state index in [1.807, 2.05) is 17.8 Å². The Balaban J connectivity index is 0.000000310. The summed E-state index contributed by atoms with van der Waals surface area (Å²) < 4.78 is 29.0. The zero-order valence-corrected chi connectivity index (χ0v) is 8.03. The van der Waals surface area contributed by atoms with E-state index in [9.17, 15) is 13.2 Å². The second-order valence-corrected chi connectivity index (χ2v) is 3.03. The van der Waals surface area contributed by atoms with Crippen LogP contribution in [0, 0.1) is 0 Å². The van der Waals surface area contributed by atoms with Crippen molar-refractivity contribution in [3.8, 4) is 0 Å². The van der Waals surface area contributed by atoms with Crippen LogP contribution in [0.15, 0.2) is 30.3 Å². The van der Waals surface area contributed by atoms with Crippen molar-refractivity contribution in [3.05, 3.63) is 35.9 Å². The van der Waals surface area contributed by atoms with Gasteiger partial charge in [0.15, 0.2) is 0 Å². The number of alkyl halides is 3. The molecule has 0 atom stereocenters. The van der Waals surface area contributed by atoms with Crippen LogP contribution in [0.2, 0.25) is 0 Å². The topological polar surface area (TPSA) is 0 Å². The quantitative estimate of drug-likeness (QED) is 0.713. The third-order valence-corrected chi connectivity index (χ3v) is 1.78. The van der Waals surface area contributed by atoms with E-state index in [1.54, 1.807) is 0 Å². The van der Waals surface area contributed by atoms with Crippen molar-refractivity contribution in [2.24, 2.45) is 0 Å². The number of halogens is 3. The molecule has 0 aromatic heterocycles. The van der Waals surface area contributed by atoms with Gasteiger partial charge >= 0.3 is 6.68 Å². The van der Waals surface area contributed by atoms with Crippen molar-refractivity contribution in [1.82, 2.24) is 0 Å². The van der Waals surface area contributed by atoms with Gasteiger partial charge in [-0.1, -0.05) is 30.3 Å². The Labute approximate surface area is 80.2 Å². The fraction of sp³-hybridized carbons (Fsp3) is 0.333. The SMILES string of the molecule is CSCc1ccccc1.FC(F)F. The van der Waals surface area contributed by atoms with E-state index < -0.39 is 6.68 Å². The lowest BCUT2D eigenvalue weighted by Gasteiger charge is -1.93. The van der Waals surface area contributed by atoms with Gasteiger partial charge in [0.2, 0.25) is 0 Å². The molecule has 0 spiro atoms. The molecule has 0 nitrogen and oxygen atoms in total. The van der Waals surface area contributed by atoms with Gasteiger partial charge in [-0.05, 0) is 11.8 Å². The molecule has 1 aromatic rings. The van der Waals surface area contributed by atoms with Gasteiger partial charge in [0, 0.05) is 5.75 Å². The van der Waals surface area contributed by atoms with Gasteiger partial charge < -0.3 is 0 Å². The molecule has 0 saturated heterocycles. The predicted molar refractivity (Wildman–Crippen MR) is 50.8 cm³/mol. The van der Waals surface area contributed by atoms with Crippen molar-refractivity contribution in [2.45, 2.75) is 12.4 Å². The lowest BCUT2D eigenvalue weighted by atomic mass is 10.2. The molecule has 0 aliphatic carbocycles. The first-order valence-electron chi connectivity index (χ1n) is 3.62. The highest BCUT2D eigenvalue weighted by molar-refractivity contribution is 7.97.